The number of nitrogens with zero attached hydrogens (tertiary/aromatic N) is 1. The lowest BCUT2D eigenvalue weighted by molar-refractivity contribution is -0.119. The summed E-state index contributed by atoms with van der Waals surface area (Å²) in [5.74, 6) is 1.04. The fourth-order valence-electron chi connectivity index (χ4n) is 1.08. The van der Waals surface area contributed by atoms with Gasteiger partial charge < -0.3 is 11.1 Å². The second-order valence-corrected chi connectivity index (χ2v) is 3.63. The number of rotatable bonds is 4. The molecule has 6 heteroatoms. The standard InChI is InChI=1S/C11H10ClN3O2/c1-2-3-8(10(13)16)15-11(17)9-5-4-7(12)6-14-9/h1,4-6,8H,3H2,(H2,13,16)(H,15,17)/t8-/m1/s1. The van der Waals surface area contributed by atoms with Crippen molar-refractivity contribution in [2.24, 2.45) is 5.73 Å². The van der Waals surface area contributed by atoms with Crippen molar-refractivity contribution in [1.82, 2.24) is 10.3 Å². The fraction of sp³-hybridized carbons (Fsp3) is 0.182. The SMILES string of the molecule is C#CC[C@@H](NC(=O)c1ccc(Cl)cn1)C(N)=O. The third-order valence-corrected chi connectivity index (χ3v) is 2.15. The van der Waals surface area contributed by atoms with Crippen LogP contribution in [0.2, 0.25) is 5.02 Å². The van der Waals surface area contributed by atoms with Crippen molar-refractivity contribution in [3.05, 3.63) is 29.0 Å². The first-order valence-corrected chi connectivity index (χ1v) is 5.07. The van der Waals surface area contributed by atoms with Gasteiger partial charge in [-0.25, -0.2) is 4.98 Å². The number of carbonyl (C=O) groups excluding carboxylic acids is 2. The molecule has 0 unspecified atom stereocenters. The predicted octanol–water partition coefficient (Wildman–Crippen LogP) is 0.342. The second-order valence-electron chi connectivity index (χ2n) is 3.20. The maximum atomic E-state index is 11.7. The molecule has 1 aromatic rings. The average Bonchev–Trinajstić information content (AvgIpc) is 2.29. The summed E-state index contributed by atoms with van der Waals surface area (Å²) in [6.45, 7) is 0. The van der Waals surface area contributed by atoms with Crippen LogP contribution in [0, 0.1) is 12.3 Å². The molecule has 0 aliphatic rings. The van der Waals surface area contributed by atoms with Crippen LogP contribution in [0.3, 0.4) is 0 Å². The molecule has 3 N–H and O–H groups in total. The van der Waals surface area contributed by atoms with Crippen LogP contribution >= 0.6 is 11.6 Å². The monoisotopic (exact) mass is 251 g/mol. The van der Waals surface area contributed by atoms with Crippen LogP contribution in [-0.4, -0.2) is 22.8 Å². The number of terminal acetylenes is 1. The van der Waals surface area contributed by atoms with Crippen LogP contribution in [0.4, 0.5) is 0 Å². The molecule has 0 aliphatic carbocycles. The minimum atomic E-state index is -0.898. The van der Waals surface area contributed by atoms with E-state index in [0.29, 0.717) is 5.02 Å². The van der Waals surface area contributed by atoms with Crippen LogP contribution in [0.15, 0.2) is 18.3 Å². The van der Waals surface area contributed by atoms with Crippen LogP contribution in [-0.2, 0) is 4.79 Å². The van der Waals surface area contributed by atoms with Crippen molar-refractivity contribution < 1.29 is 9.59 Å². The quantitative estimate of drug-likeness (QED) is 0.757. The molecule has 2 amide bonds. The Morgan fingerprint density at radius 1 is 1.59 bits per heavy atom. The normalized spacial score (nSPS) is 11.3. The molecule has 5 nitrogen and oxygen atoms in total. The van der Waals surface area contributed by atoms with Gasteiger partial charge in [-0.05, 0) is 12.1 Å². The zero-order chi connectivity index (χ0) is 12.8. The van der Waals surface area contributed by atoms with E-state index in [9.17, 15) is 9.59 Å². The molecule has 0 spiro atoms. The maximum Gasteiger partial charge on any atom is 0.270 e. The van der Waals surface area contributed by atoms with Gasteiger partial charge >= 0.3 is 0 Å². The largest absolute Gasteiger partial charge is 0.368 e. The number of aromatic nitrogens is 1. The Morgan fingerprint density at radius 3 is 2.76 bits per heavy atom. The first-order chi connectivity index (χ1) is 8.04. The number of nitrogens with two attached hydrogens (primary N) is 1. The highest BCUT2D eigenvalue weighted by molar-refractivity contribution is 6.30. The number of hydrogen-bond donors (Lipinski definition) is 2. The Labute approximate surface area is 103 Å². The van der Waals surface area contributed by atoms with Crippen LogP contribution < -0.4 is 11.1 Å². The predicted molar refractivity (Wildman–Crippen MR) is 63.1 cm³/mol. The van der Waals surface area contributed by atoms with Gasteiger partial charge in [-0.3, -0.25) is 9.59 Å². The Kier molecular flexibility index (Phi) is 4.49. The minimum Gasteiger partial charge on any atom is -0.368 e. The molecule has 0 bridgehead atoms. The van der Waals surface area contributed by atoms with Gasteiger partial charge in [-0.2, -0.15) is 0 Å². The van der Waals surface area contributed by atoms with Gasteiger partial charge in [0, 0.05) is 12.6 Å². The number of carbonyl (C=O) groups is 2. The van der Waals surface area contributed by atoms with E-state index in [1.165, 1.54) is 18.3 Å². The molecule has 17 heavy (non-hydrogen) atoms. The van der Waals surface area contributed by atoms with E-state index < -0.39 is 17.9 Å². The lowest BCUT2D eigenvalue weighted by atomic mass is 10.2. The van der Waals surface area contributed by atoms with Gasteiger partial charge in [0.2, 0.25) is 5.91 Å². The van der Waals surface area contributed by atoms with E-state index >= 15 is 0 Å². The Balaban J connectivity index is 2.74. The number of pyridine rings is 1. The maximum absolute atomic E-state index is 11.7. The van der Waals surface area contributed by atoms with Gasteiger partial charge in [0.25, 0.3) is 5.91 Å². The highest BCUT2D eigenvalue weighted by Crippen LogP contribution is 2.06. The molecule has 88 valence electrons. The molecule has 0 aromatic carbocycles. The highest BCUT2D eigenvalue weighted by atomic mass is 35.5. The highest BCUT2D eigenvalue weighted by Gasteiger charge is 2.18. The number of halogens is 1. The van der Waals surface area contributed by atoms with Crippen molar-refractivity contribution in [3.8, 4) is 12.3 Å². The van der Waals surface area contributed by atoms with Crippen molar-refractivity contribution in [2.75, 3.05) is 0 Å². The molecule has 1 aromatic heterocycles. The van der Waals surface area contributed by atoms with E-state index in [-0.39, 0.29) is 12.1 Å². The van der Waals surface area contributed by atoms with Gasteiger partial charge in [0.1, 0.15) is 11.7 Å². The molecule has 1 atom stereocenters. The first kappa shape index (κ1) is 13.0. The Bertz CT molecular complexity index is 465. The molecule has 0 fully saturated rings. The third-order valence-electron chi connectivity index (χ3n) is 1.93. The van der Waals surface area contributed by atoms with Crippen molar-refractivity contribution in [1.29, 1.82) is 0 Å². The van der Waals surface area contributed by atoms with E-state index in [0.717, 1.165) is 0 Å². The smallest absolute Gasteiger partial charge is 0.270 e. The topological polar surface area (TPSA) is 85.1 Å². The molecule has 1 heterocycles. The number of amides is 2. The van der Waals surface area contributed by atoms with E-state index in [1.807, 2.05) is 0 Å². The van der Waals surface area contributed by atoms with Crippen LogP contribution in [0.25, 0.3) is 0 Å². The summed E-state index contributed by atoms with van der Waals surface area (Å²) in [5, 5.41) is 2.81. The summed E-state index contributed by atoms with van der Waals surface area (Å²) in [5.41, 5.74) is 5.22. The minimum absolute atomic E-state index is 0.0364. The zero-order valence-corrected chi connectivity index (χ0v) is 9.57. The summed E-state index contributed by atoms with van der Waals surface area (Å²) < 4.78 is 0. The van der Waals surface area contributed by atoms with E-state index in [4.69, 9.17) is 23.8 Å². The summed E-state index contributed by atoms with van der Waals surface area (Å²) in [6.07, 6.45) is 6.43. The molecule has 0 aliphatic heterocycles. The lowest BCUT2D eigenvalue weighted by Crippen LogP contribution is -2.44. The Hall–Kier alpha value is -2.06. The summed E-state index contributed by atoms with van der Waals surface area (Å²) in [4.78, 5) is 26.4. The average molecular weight is 252 g/mol. The molecule has 0 radical (unpaired) electrons. The molecule has 0 saturated heterocycles. The van der Waals surface area contributed by atoms with E-state index in [2.05, 4.69) is 16.2 Å². The molecule has 1 rings (SSSR count). The Morgan fingerprint density at radius 2 is 2.29 bits per heavy atom. The summed E-state index contributed by atoms with van der Waals surface area (Å²) in [6, 6.07) is 2.06. The molecule has 0 saturated carbocycles. The number of primary amides is 1. The number of hydrogen-bond acceptors (Lipinski definition) is 3. The van der Waals surface area contributed by atoms with Crippen LogP contribution in [0.1, 0.15) is 16.9 Å². The van der Waals surface area contributed by atoms with Gasteiger partial charge in [0.05, 0.1) is 5.02 Å². The van der Waals surface area contributed by atoms with Crippen molar-refractivity contribution >= 4 is 23.4 Å². The third kappa shape index (κ3) is 3.78. The second kappa shape index (κ2) is 5.87. The zero-order valence-electron chi connectivity index (χ0n) is 8.81. The first-order valence-electron chi connectivity index (χ1n) is 4.69. The molecular formula is C11H10ClN3O2. The van der Waals surface area contributed by atoms with Gasteiger partial charge in [-0.15, -0.1) is 12.3 Å². The van der Waals surface area contributed by atoms with Gasteiger partial charge in [-0.1, -0.05) is 11.6 Å². The molecular weight excluding hydrogens is 242 g/mol. The van der Waals surface area contributed by atoms with Crippen molar-refractivity contribution in [3.63, 3.8) is 0 Å². The van der Waals surface area contributed by atoms with Gasteiger partial charge in [0.15, 0.2) is 0 Å². The van der Waals surface area contributed by atoms with Crippen LogP contribution in [0.5, 0.6) is 0 Å². The van der Waals surface area contributed by atoms with Crippen molar-refractivity contribution in [2.45, 2.75) is 12.5 Å². The lowest BCUT2D eigenvalue weighted by Gasteiger charge is -2.12. The fourth-order valence-corrected chi connectivity index (χ4v) is 1.19. The number of nitrogens with one attached hydrogen (secondary N) is 1. The van der Waals surface area contributed by atoms with E-state index in [1.54, 1.807) is 0 Å². The summed E-state index contributed by atoms with van der Waals surface area (Å²) >= 11 is 5.63. The summed E-state index contributed by atoms with van der Waals surface area (Å²) in [7, 11) is 0.